The Bertz CT molecular complexity index is 631. The van der Waals surface area contributed by atoms with Crippen LogP contribution in [0.4, 0.5) is 5.82 Å². The maximum absolute atomic E-state index is 12.4. The largest absolute Gasteiger partial charge is 0.309 e. The molecule has 1 N–H and O–H groups in total. The lowest BCUT2D eigenvalue weighted by Crippen LogP contribution is -2.45. The first-order valence-electron chi connectivity index (χ1n) is 7.66. The first kappa shape index (κ1) is 14.7. The lowest BCUT2D eigenvalue weighted by atomic mass is 10.1. The summed E-state index contributed by atoms with van der Waals surface area (Å²) in [5, 5.41) is 2.88. The van der Waals surface area contributed by atoms with Crippen LogP contribution < -0.4 is 5.32 Å². The number of likely N-dealkylation sites (N-methyl/N-ethyl adjacent to an activating group) is 1. The molecule has 4 nitrogen and oxygen atoms in total. The third kappa shape index (κ3) is 3.02. The molecule has 1 aromatic carbocycles. The predicted molar refractivity (Wildman–Crippen MR) is 87.7 cm³/mol. The Hall–Kier alpha value is -2.20. The summed E-state index contributed by atoms with van der Waals surface area (Å²) in [7, 11) is 2.03. The van der Waals surface area contributed by atoms with Crippen molar-refractivity contribution >= 4 is 11.7 Å². The summed E-state index contributed by atoms with van der Waals surface area (Å²) >= 11 is 0. The highest BCUT2D eigenvalue weighted by Gasteiger charge is 2.29. The van der Waals surface area contributed by atoms with Crippen LogP contribution in [0.2, 0.25) is 0 Å². The number of benzene rings is 1. The second-order valence-corrected chi connectivity index (χ2v) is 5.88. The molecule has 0 spiro atoms. The molecule has 114 valence electrons. The topological polar surface area (TPSA) is 45.2 Å². The lowest BCUT2D eigenvalue weighted by molar-refractivity contribution is -0.121. The average molecular weight is 295 g/mol. The van der Waals surface area contributed by atoms with E-state index in [1.807, 2.05) is 26.1 Å². The summed E-state index contributed by atoms with van der Waals surface area (Å²) < 4.78 is 0. The Kier molecular flexibility index (Phi) is 4.20. The number of anilines is 1. The smallest absolute Gasteiger partial charge is 0.242 e. The van der Waals surface area contributed by atoms with Gasteiger partial charge in [0, 0.05) is 12.2 Å². The Morgan fingerprint density at radius 2 is 1.82 bits per heavy atom. The third-order valence-corrected chi connectivity index (χ3v) is 4.51. The van der Waals surface area contributed by atoms with Crippen LogP contribution in [0.1, 0.15) is 18.1 Å². The Morgan fingerprint density at radius 1 is 1.18 bits per heavy atom. The number of aromatic nitrogens is 1. The standard InChI is InChI=1S/C18H21N3O/c1-13(18(22)20-17-9-5-6-10-19-17)21(2)16-11-14-7-3-4-8-15(14)12-16/h3-10,13,16H,11-12H2,1-2H3,(H,19,20,22)/t13-/m0/s1. The molecule has 0 aliphatic heterocycles. The Morgan fingerprint density at radius 3 is 2.41 bits per heavy atom. The van der Waals surface area contributed by atoms with Gasteiger partial charge in [-0.3, -0.25) is 9.69 Å². The number of rotatable bonds is 4. The van der Waals surface area contributed by atoms with E-state index in [0.717, 1.165) is 12.8 Å². The van der Waals surface area contributed by atoms with Crippen LogP contribution in [-0.4, -0.2) is 34.9 Å². The van der Waals surface area contributed by atoms with Gasteiger partial charge in [-0.1, -0.05) is 30.3 Å². The molecule has 3 rings (SSSR count). The molecule has 1 aliphatic carbocycles. The number of nitrogens with one attached hydrogen (secondary N) is 1. The van der Waals surface area contributed by atoms with Crippen molar-refractivity contribution in [3.63, 3.8) is 0 Å². The van der Waals surface area contributed by atoms with Gasteiger partial charge in [-0.25, -0.2) is 4.98 Å². The van der Waals surface area contributed by atoms with Gasteiger partial charge in [0.05, 0.1) is 6.04 Å². The molecule has 0 unspecified atom stereocenters. The zero-order valence-corrected chi connectivity index (χ0v) is 13.0. The molecule has 1 atom stereocenters. The normalized spacial score (nSPS) is 15.6. The number of carbonyl (C=O) groups is 1. The van der Waals surface area contributed by atoms with Crippen molar-refractivity contribution in [2.75, 3.05) is 12.4 Å². The molecule has 0 radical (unpaired) electrons. The fourth-order valence-electron chi connectivity index (χ4n) is 2.99. The van der Waals surface area contributed by atoms with Crippen LogP contribution in [0.5, 0.6) is 0 Å². The number of fused-ring (bicyclic) bond motifs is 1. The van der Waals surface area contributed by atoms with Gasteiger partial charge in [-0.2, -0.15) is 0 Å². The molecule has 1 amide bonds. The highest BCUT2D eigenvalue weighted by atomic mass is 16.2. The van der Waals surface area contributed by atoms with Crippen LogP contribution in [-0.2, 0) is 17.6 Å². The van der Waals surface area contributed by atoms with Gasteiger partial charge >= 0.3 is 0 Å². The predicted octanol–water partition coefficient (Wildman–Crippen LogP) is 2.51. The Balaban J connectivity index is 1.63. The minimum absolute atomic E-state index is 0.0165. The molecule has 4 heteroatoms. The summed E-state index contributed by atoms with van der Waals surface area (Å²) in [5.41, 5.74) is 2.80. The van der Waals surface area contributed by atoms with Crippen LogP contribution in [0.3, 0.4) is 0 Å². The number of hydrogen-bond donors (Lipinski definition) is 1. The molecule has 2 aromatic rings. The van der Waals surface area contributed by atoms with E-state index in [0.29, 0.717) is 11.9 Å². The highest BCUT2D eigenvalue weighted by Crippen LogP contribution is 2.25. The molecule has 0 bridgehead atoms. The van der Waals surface area contributed by atoms with E-state index in [9.17, 15) is 4.79 Å². The van der Waals surface area contributed by atoms with Crippen molar-refractivity contribution in [3.05, 3.63) is 59.8 Å². The van der Waals surface area contributed by atoms with E-state index < -0.39 is 0 Å². The summed E-state index contributed by atoms with van der Waals surface area (Å²) in [6, 6.07) is 14.2. The molecular formula is C18H21N3O. The van der Waals surface area contributed by atoms with Crippen LogP contribution in [0, 0.1) is 0 Å². The summed E-state index contributed by atoms with van der Waals surface area (Å²) in [6.45, 7) is 1.95. The molecule has 1 aliphatic rings. The third-order valence-electron chi connectivity index (χ3n) is 4.51. The van der Waals surface area contributed by atoms with E-state index >= 15 is 0 Å². The lowest BCUT2D eigenvalue weighted by Gasteiger charge is -2.29. The maximum Gasteiger partial charge on any atom is 0.242 e. The number of amides is 1. The van der Waals surface area contributed by atoms with Gasteiger partial charge in [0.2, 0.25) is 5.91 Å². The first-order valence-corrected chi connectivity index (χ1v) is 7.66. The highest BCUT2D eigenvalue weighted by molar-refractivity contribution is 5.93. The van der Waals surface area contributed by atoms with Gasteiger partial charge in [-0.05, 0) is 50.1 Å². The van der Waals surface area contributed by atoms with E-state index in [4.69, 9.17) is 0 Å². The number of nitrogens with zero attached hydrogens (tertiary/aromatic N) is 2. The SMILES string of the molecule is C[C@@H](C(=O)Nc1ccccn1)N(C)C1Cc2ccccc2C1. The first-order chi connectivity index (χ1) is 10.6. The number of hydrogen-bond acceptors (Lipinski definition) is 3. The Labute approximate surface area is 131 Å². The minimum atomic E-state index is -0.193. The van der Waals surface area contributed by atoms with Crippen LogP contribution >= 0.6 is 0 Å². The zero-order chi connectivity index (χ0) is 15.5. The summed E-state index contributed by atoms with van der Waals surface area (Å²) in [4.78, 5) is 18.7. The van der Waals surface area contributed by atoms with Gasteiger partial charge in [0.25, 0.3) is 0 Å². The molecule has 22 heavy (non-hydrogen) atoms. The van der Waals surface area contributed by atoms with Gasteiger partial charge in [-0.15, -0.1) is 0 Å². The maximum atomic E-state index is 12.4. The molecule has 1 heterocycles. The minimum Gasteiger partial charge on any atom is -0.309 e. The second kappa shape index (κ2) is 6.28. The van der Waals surface area contributed by atoms with Crippen LogP contribution in [0.15, 0.2) is 48.7 Å². The zero-order valence-electron chi connectivity index (χ0n) is 13.0. The monoisotopic (exact) mass is 295 g/mol. The van der Waals surface area contributed by atoms with Crippen molar-refractivity contribution in [1.82, 2.24) is 9.88 Å². The van der Waals surface area contributed by atoms with Crippen molar-refractivity contribution in [3.8, 4) is 0 Å². The summed E-state index contributed by atoms with van der Waals surface area (Å²) in [5.74, 6) is 0.583. The van der Waals surface area contributed by atoms with Gasteiger partial charge in [0.1, 0.15) is 5.82 Å². The van der Waals surface area contributed by atoms with Crippen molar-refractivity contribution < 1.29 is 4.79 Å². The van der Waals surface area contributed by atoms with E-state index in [-0.39, 0.29) is 11.9 Å². The fourth-order valence-corrected chi connectivity index (χ4v) is 2.99. The van der Waals surface area contributed by atoms with E-state index in [1.165, 1.54) is 11.1 Å². The molecule has 0 saturated heterocycles. The molecule has 0 saturated carbocycles. The molecule has 1 aromatic heterocycles. The van der Waals surface area contributed by atoms with Gasteiger partial charge < -0.3 is 5.32 Å². The summed E-state index contributed by atoms with van der Waals surface area (Å²) in [6.07, 6.45) is 3.69. The van der Waals surface area contributed by atoms with Crippen molar-refractivity contribution in [2.24, 2.45) is 0 Å². The van der Waals surface area contributed by atoms with Crippen molar-refractivity contribution in [1.29, 1.82) is 0 Å². The fraction of sp³-hybridized carbons (Fsp3) is 0.333. The van der Waals surface area contributed by atoms with Crippen LogP contribution in [0.25, 0.3) is 0 Å². The van der Waals surface area contributed by atoms with E-state index in [1.54, 1.807) is 12.3 Å². The van der Waals surface area contributed by atoms with E-state index in [2.05, 4.69) is 39.5 Å². The number of pyridine rings is 1. The quantitative estimate of drug-likeness (QED) is 0.942. The van der Waals surface area contributed by atoms with Crippen molar-refractivity contribution in [2.45, 2.75) is 31.8 Å². The average Bonchev–Trinajstić information content (AvgIpc) is 2.98. The number of carbonyl (C=O) groups excluding carboxylic acids is 1. The second-order valence-electron chi connectivity index (χ2n) is 5.88. The molecule has 0 fully saturated rings. The van der Waals surface area contributed by atoms with Gasteiger partial charge in [0.15, 0.2) is 0 Å². The molecular weight excluding hydrogens is 274 g/mol.